The van der Waals surface area contributed by atoms with Crippen molar-refractivity contribution in [1.82, 2.24) is 0 Å². The smallest absolute Gasteiger partial charge is 0.106 e. The number of hydrogen-bond acceptors (Lipinski definition) is 2. The van der Waals surface area contributed by atoms with Crippen LogP contribution in [-0.2, 0) is 0 Å². The first-order valence-corrected chi connectivity index (χ1v) is 7.18. The van der Waals surface area contributed by atoms with Gasteiger partial charge in [-0.1, -0.05) is 55.5 Å². The van der Waals surface area contributed by atoms with Gasteiger partial charge >= 0.3 is 0 Å². The number of hydrogen-bond donors (Lipinski definition) is 2. The lowest BCUT2D eigenvalue weighted by Gasteiger charge is -2.16. The fourth-order valence-corrected chi connectivity index (χ4v) is 2.36. The lowest BCUT2D eigenvalue weighted by atomic mass is 10.0. The fourth-order valence-electron chi connectivity index (χ4n) is 2.18. The Labute approximate surface area is 126 Å². The third-order valence-corrected chi connectivity index (χ3v) is 3.63. The first kappa shape index (κ1) is 14.5. The van der Waals surface area contributed by atoms with Gasteiger partial charge in [0, 0.05) is 17.8 Å². The second-order valence-corrected chi connectivity index (χ2v) is 5.55. The van der Waals surface area contributed by atoms with Gasteiger partial charge in [0.05, 0.1) is 0 Å². The van der Waals surface area contributed by atoms with E-state index < -0.39 is 0 Å². The molecule has 2 rings (SSSR count). The molecule has 1 atom stereocenters. The molecule has 104 valence electrons. The Morgan fingerprint density at radius 2 is 1.90 bits per heavy atom. The van der Waals surface area contributed by atoms with Crippen LogP contribution in [0.2, 0.25) is 0 Å². The molecule has 1 unspecified atom stereocenters. The fraction of sp³-hybridized carbons (Fsp3) is 0.235. The lowest BCUT2D eigenvalue weighted by Crippen LogP contribution is -2.16. The Bertz CT molecular complexity index is 593. The van der Waals surface area contributed by atoms with Crippen molar-refractivity contribution in [3.05, 3.63) is 65.2 Å². The minimum absolute atomic E-state index is 0.427. The van der Waals surface area contributed by atoms with Crippen molar-refractivity contribution in [1.29, 1.82) is 0 Å². The topological polar surface area (TPSA) is 38.0 Å². The molecule has 2 aromatic rings. The molecule has 3 heteroatoms. The number of benzene rings is 2. The van der Waals surface area contributed by atoms with Gasteiger partial charge in [0.25, 0.3) is 0 Å². The van der Waals surface area contributed by atoms with E-state index in [1.807, 2.05) is 18.2 Å². The monoisotopic (exact) mass is 284 g/mol. The van der Waals surface area contributed by atoms with E-state index >= 15 is 0 Å². The van der Waals surface area contributed by atoms with E-state index in [1.54, 1.807) is 0 Å². The summed E-state index contributed by atoms with van der Waals surface area (Å²) in [6, 6.07) is 16.6. The number of nitrogens with two attached hydrogens (primary N) is 1. The summed E-state index contributed by atoms with van der Waals surface area (Å²) in [4.78, 5) is 0.430. The van der Waals surface area contributed by atoms with Gasteiger partial charge in [0.2, 0.25) is 0 Å². The highest BCUT2D eigenvalue weighted by Gasteiger charge is 2.08. The van der Waals surface area contributed by atoms with Crippen molar-refractivity contribution in [2.75, 3.05) is 11.9 Å². The van der Waals surface area contributed by atoms with Gasteiger partial charge in [-0.2, -0.15) is 0 Å². The summed E-state index contributed by atoms with van der Waals surface area (Å²) in [5.41, 5.74) is 10.2. The number of aryl methyl sites for hydroxylation is 1. The molecular formula is C17H20N2S. The maximum Gasteiger partial charge on any atom is 0.106 e. The average molecular weight is 284 g/mol. The van der Waals surface area contributed by atoms with Crippen molar-refractivity contribution < 1.29 is 0 Å². The van der Waals surface area contributed by atoms with Crippen molar-refractivity contribution in [2.24, 2.45) is 5.73 Å². The second-order valence-electron chi connectivity index (χ2n) is 5.11. The number of rotatable bonds is 5. The van der Waals surface area contributed by atoms with E-state index in [0.29, 0.717) is 10.9 Å². The maximum absolute atomic E-state index is 5.77. The van der Waals surface area contributed by atoms with Crippen LogP contribution in [0.15, 0.2) is 48.5 Å². The van der Waals surface area contributed by atoms with E-state index in [0.717, 1.165) is 17.8 Å². The highest BCUT2D eigenvalue weighted by atomic mass is 32.1. The zero-order chi connectivity index (χ0) is 14.5. The molecule has 0 aliphatic heterocycles. The van der Waals surface area contributed by atoms with E-state index in [1.165, 1.54) is 11.1 Å². The maximum atomic E-state index is 5.77. The summed E-state index contributed by atoms with van der Waals surface area (Å²) in [5.74, 6) is 0.427. The summed E-state index contributed by atoms with van der Waals surface area (Å²) < 4.78 is 0. The number of thiocarbonyl (C=S) groups is 1. The molecule has 0 aromatic heterocycles. The van der Waals surface area contributed by atoms with Gasteiger partial charge in [0.15, 0.2) is 0 Å². The molecule has 0 aliphatic carbocycles. The molecule has 2 aromatic carbocycles. The largest absolute Gasteiger partial charge is 0.389 e. The highest BCUT2D eigenvalue weighted by molar-refractivity contribution is 7.80. The predicted octanol–water partition coefficient (Wildman–Crippen LogP) is 3.84. The van der Waals surface area contributed by atoms with Gasteiger partial charge in [-0.15, -0.1) is 0 Å². The van der Waals surface area contributed by atoms with Crippen LogP contribution in [0.3, 0.4) is 0 Å². The molecule has 20 heavy (non-hydrogen) atoms. The molecule has 0 heterocycles. The minimum Gasteiger partial charge on any atom is -0.389 e. The molecule has 3 N–H and O–H groups in total. The number of anilines is 1. The average Bonchev–Trinajstić information content (AvgIpc) is 2.45. The van der Waals surface area contributed by atoms with Crippen LogP contribution < -0.4 is 11.1 Å². The van der Waals surface area contributed by atoms with Crippen molar-refractivity contribution in [2.45, 2.75) is 19.8 Å². The van der Waals surface area contributed by atoms with E-state index in [9.17, 15) is 0 Å². The normalized spacial score (nSPS) is 11.9. The zero-order valence-corrected chi connectivity index (χ0v) is 12.7. The van der Waals surface area contributed by atoms with Gasteiger partial charge in [-0.25, -0.2) is 0 Å². The van der Waals surface area contributed by atoms with Gasteiger partial charge < -0.3 is 11.1 Å². The molecule has 0 saturated carbocycles. The summed E-state index contributed by atoms with van der Waals surface area (Å²) >= 11 is 5.10. The van der Waals surface area contributed by atoms with Crippen LogP contribution in [0.4, 0.5) is 5.69 Å². The molecule has 0 aliphatic rings. The quantitative estimate of drug-likeness (QED) is 0.819. The number of nitrogens with one attached hydrogen (secondary N) is 1. The molecule has 0 spiro atoms. The minimum atomic E-state index is 0.427. The lowest BCUT2D eigenvalue weighted by molar-refractivity contribution is 0.805. The van der Waals surface area contributed by atoms with Crippen molar-refractivity contribution in [3.63, 3.8) is 0 Å². The van der Waals surface area contributed by atoms with Crippen LogP contribution in [-0.4, -0.2) is 11.5 Å². The van der Waals surface area contributed by atoms with Crippen LogP contribution in [0.5, 0.6) is 0 Å². The van der Waals surface area contributed by atoms with Gasteiger partial charge in [-0.05, 0) is 36.1 Å². The second kappa shape index (κ2) is 6.53. The molecule has 0 amide bonds. The van der Waals surface area contributed by atoms with Crippen LogP contribution >= 0.6 is 12.2 Å². The molecule has 0 saturated heterocycles. The third kappa shape index (κ3) is 3.58. The Kier molecular flexibility index (Phi) is 4.74. The van der Waals surface area contributed by atoms with Crippen molar-refractivity contribution >= 4 is 22.9 Å². The summed E-state index contributed by atoms with van der Waals surface area (Å²) in [7, 11) is 0. The highest BCUT2D eigenvalue weighted by Crippen LogP contribution is 2.20. The Hall–Kier alpha value is -1.87. The molecule has 0 fully saturated rings. The molecule has 2 nitrogen and oxygen atoms in total. The van der Waals surface area contributed by atoms with Gasteiger partial charge in [0.1, 0.15) is 4.99 Å². The Morgan fingerprint density at radius 1 is 1.20 bits per heavy atom. The SMILES string of the molecule is Cc1ccc(C(N)=S)c(NCC(C)c2ccccc2)c1. The molecule has 0 bridgehead atoms. The summed E-state index contributed by atoms with van der Waals surface area (Å²) in [5, 5.41) is 3.47. The predicted molar refractivity (Wildman–Crippen MR) is 90.4 cm³/mol. The van der Waals surface area contributed by atoms with E-state index in [2.05, 4.69) is 49.5 Å². The zero-order valence-electron chi connectivity index (χ0n) is 11.9. The van der Waals surface area contributed by atoms with Crippen LogP contribution in [0.25, 0.3) is 0 Å². The van der Waals surface area contributed by atoms with Crippen LogP contribution in [0, 0.1) is 6.92 Å². The molecule has 0 radical (unpaired) electrons. The third-order valence-electron chi connectivity index (χ3n) is 3.41. The summed E-state index contributed by atoms with van der Waals surface area (Å²) in [6.07, 6.45) is 0. The Morgan fingerprint density at radius 3 is 2.55 bits per heavy atom. The van der Waals surface area contributed by atoms with Crippen molar-refractivity contribution in [3.8, 4) is 0 Å². The Balaban J connectivity index is 2.11. The first-order chi connectivity index (χ1) is 9.58. The standard InChI is InChI=1S/C17H20N2S/c1-12-8-9-15(17(18)20)16(10-12)19-11-13(2)14-6-4-3-5-7-14/h3-10,13,19H,11H2,1-2H3,(H2,18,20). The van der Waals surface area contributed by atoms with Crippen LogP contribution in [0.1, 0.15) is 29.5 Å². The first-order valence-electron chi connectivity index (χ1n) is 6.77. The van der Waals surface area contributed by atoms with E-state index in [-0.39, 0.29) is 0 Å². The van der Waals surface area contributed by atoms with E-state index in [4.69, 9.17) is 18.0 Å². The molecular weight excluding hydrogens is 264 g/mol. The summed E-state index contributed by atoms with van der Waals surface area (Å²) in [6.45, 7) is 5.12. The van der Waals surface area contributed by atoms with Gasteiger partial charge in [-0.3, -0.25) is 0 Å².